The maximum atomic E-state index is 11.4. The Hall–Kier alpha value is 0.962. The Morgan fingerprint density at radius 2 is 0.778 bits per heavy atom. The van der Waals surface area contributed by atoms with Gasteiger partial charge in [-0.25, -0.2) is 0 Å². The molecule has 0 aliphatic heterocycles. The Labute approximate surface area is 133 Å². The van der Waals surface area contributed by atoms with Crippen molar-refractivity contribution in [3.8, 4) is 0 Å². The van der Waals surface area contributed by atoms with E-state index in [2.05, 4.69) is 0 Å². The Bertz CT molecular complexity index is 293. The number of phosphoric acid groups is 1. The fourth-order valence-electron chi connectivity index (χ4n) is 0.166. The minimum Gasteiger partial charge on any atom is -0.822 e. The SMILES string of the molecule is FC(F)=C(F)C(F)=C(F)F.O=P([O-])([O-])[O-].[Li+].[Li+].[Li+]. The Kier molecular flexibility index (Phi) is 25.1. The summed E-state index contributed by atoms with van der Waals surface area (Å²) in [6, 6.07) is 0. The van der Waals surface area contributed by atoms with Crippen LogP contribution in [0.1, 0.15) is 0 Å². The van der Waals surface area contributed by atoms with Gasteiger partial charge in [-0.1, -0.05) is 0 Å². The van der Waals surface area contributed by atoms with E-state index in [1.807, 2.05) is 0 Å². The summed E-state index contributed by atoms with van der Waals surface area (Å²) in [6.45, 7) is 0. The van der Waals surface area contributed by atoms with Crippen LogP contribution < -0.4 is 71.3 Å². The van der Waals surface area contributed by atoms with Crippen LogP contribution in [0.25, 0.3) is 0 Å². The zero-order valence-electron chi connectivity index (χ0n) is 9.35. The van der Waals surface area contributed by atoms with Crippen LogP contribution in [0.2, 0.25) is 0 Å². The fraction of sp³-hybridized carbons (Fsp3) is 0. The molecule has 0 fully saturated rings. The van der Waals surface area contributed by atoms with Crippen LogP contribution in [0.4, 0.5) is 26.3 Å². The molecule has 0 heterocycles. The molecule has 0 spiro atoms. The molecule has 0 rings (SSSR count). The second-order valence-corrected chi connectivity index (χ2v) is 2.49. The van der Waals surface area contributed by atoms with Crippen LogP contribution in [-0.2, 0) is 4.57 Å². The molecule has 0 saturated heterocycles. The molecule has 0 aliphatic rings. The van der Waals surface area contributed by atoms with E-state index in [1.54, 1.807) is 0 Å². The molecule has 0 aromatic carbocycles. The molecular weight excluding hydrogens is 278 g/mol. The molecule has 0 bridgehead atoms. The molecule has 0 saturated carbocycles. The van der Waals surface area contributed by atoms with Gasteiger partial charge < -0.3 is 19.2 Å². The van der Waals surface area contributed by atoms with Crippen molar-refractivity contribution in [2.75, 3.05) is 0 Å². The summed E-state index contributed by atoms with van der Waals surface area (Å²) in [7, 11) is -5.39. The number of halogens is 6. The molecule has 90 valence electrons. The topological polar surface area (TPSA) is 86.2 Å². The smallest absolute Gasteiger partial charge is 0.822 e. The van der Waals surface area contributed by atoms with Crippen molar-refractivity contribution < 1.29 is 102 Å². The quantitative estimate of drug-likeness (QED) is 0.206. The molecule has 0 aliphatic carbocycles. The minimum atomic E-state index is -5.39. The van der Waals surface area contributed by atoms with Gasteiger partial charge in [-0.05, 0) is 0 Å². The minimum absolute atomic E-state index is 0. The fourth-order valence-corrected chi connectivity index (χ4v) is 0.166. The molecule has 0 aromatic heterocycles. The first kappa shape index (κ1) is 31.4. The summed E-state index contributed by atoms with van der Waals surface area (Å²) in [4.78, 5) is 25.6. The molecule has 0 N–H and O–H groups in total. The van der Waals surface area contributed by atoms with Crippen molar-refractivity contribution >= 4 is 7.82 Å². The predicted molar refractivity (Wildman–Crippen MR) is 28.3 cm³/mol. The van der Waals surface area contributed by atoms with Crippen LogP contribution in [-0.4, -0.2) is 0 Å². The van der Waals surface area contributed by atoms with Crippen LogP contribution >= 0.6 is 7.82 Å². The van der Waals surface area contributed by atoms with Crippen molar-refractivity contribution in [3.63, 3.8) is 0 Å². The predicted octanol–water partition coefficient (Wildman–Crippen LogP) is -8.67. The Morgan fingerprint density at radius 1 is 0.667 bits per heavy atom. The van der Waals surface area contributed by atoms with Crippen molar-refractivity contribution in [2.24, 2.45) is 0 Å². The van der Waals surface area contributed by atoms with Gasteiger partial charge >= 0.3 is 68.7 Å². The second-order valence-electron chi connectivity index (χ2n) is 1.60. The van der Waals surface area contributed by atoms with Gasteiger partial charge in [0.2, 0.25) is 11.7 Å². The van der Waals surface area contributed by atoms with Crippen LogP contribution in [0.15, 0.2) is 23.8 Å². The molecule has 0 radical (unpaired) electrons. The van der Waals surface area contributed by atoms with Gasteiger partial charge in [0, 0.05) is 0 Å². The molecule has 0 aromatic rings. The van der Waals surface area contributed by atoms with E-state index >= 15 is 0 Å². The number of hydrogen-bond donors (Lipinski definition) is 0. The molecule has 0 amide bonds. The summed E-state index contributed by atoms with van der Waals surface area (Å²) >= 11 is 0. The molecule has 0 unspecified atom stereocenters. The van der Waals surface area contributed by atoms with E-state index in [1.165, 1.54) is 0 Å². The van der Waals surface area contributed by atoms with Crippen molar-refractivity contribution in [1.29, 1.82) is 0 Å². The van der Waals surface area contributed by atoms with Gasteiger partial charge in [0.25, 0.3) is 0 Å². The van der Waals surface area contributed by atoms with Crippen LogP contribution in [0.3, 0.4) is 0 Å². The van der Waals surface area contributed by atoms with Crippen LogP contribution in [0, 0.1) is 0 Å². The number of hydrogen-bond acceptors (Lipinski definition) is 4. The Balaban J connectivity index is -0.0000000621. The first-order chi connectivity index (χ1) is 6.46. The maximum absolute atomic E-state index is 11.4. The van der Waals surface area contributed by atoms with Crippen molar-refractivity contribution in [3.05, 3.63) is 23.8 Å². The third kappa shape index (κ3) is 25.7. The first-order valence-electron chi connectivity index (χ1n) is 2.61. The molecule has 14 heteroatoms. The summed E-state index contributed by atoms with van der Waals surface area (Å²) < 4.78 is 75.1. The Morgan fingerprint density at radius 3 is 0.833 bits per heavy atom. The third-order valence-electron chi connectivity index (χ3n) is 0.525. The number of rotatable bonds is 1. The monoisotopic (exact) mass is 278 g/mol. The van der Waals surface area contributed by atoms with E-state index in [4.69, 9.17) is 19.2 Å². The first-order valence-corrected chi connectivity index (χ1v) is 4.07. The van der Waals surface area contributed by atoms with Gasteiger partial charge in [-0.15, -0.1) is 0 Å². The summed E-state index contributed by atoms with van der Waals surface area (Å²) in [5, 5.41) is 0. The van der Waals surface area contributed by atoms with Gasteiger partial charge in [-0.3, -0.25) is 0 Å². The van der Waals surface area contributed by atoms with E-state index in [-0.39, 0.29) is 56.6 Å². The van der Waals surface area contributed by atoms with Crippen molar-refractivity contribution in [1.82, 2.24) is 0 Å². The van der Waals surface area contributed by atoms with E-state index < -0.39 is 31.6 Å². The van der Waals surface area contributed by atoms with Gasteiger partial charge in [0.1, 0.15) is 0 Å². The van der Waals surface area contributed by atoms with Gasteiger partial charge in [0.15, 0.2) is 0 Å². The third-order valence-corrected chi connectivity index (χ3v) is 0.525. The normalized spacial score (nSPS) is 8.28. The standard InChI is InChI=1S/C4F6.3Li.H3O4P/c5-1(3(7)8)2(6)4(9)10;;;;1-5(2,3)4/h;;;;(H3,1,2,3,4)/q;3*+1;/p-3. The van der Waals surface area contributed by atoms with E-state index in [0.717, 1.165) is 0 Å². The van der Waals surface area contributed by atoms with Gasteiger partial charge in [0.05, 0.1) is 0 Å². The zero-order valence-corrected chi connectivity index (χ0v) is 10.2. The average Bonchev–Trinajstić information content (AvgIpc) is 1.98. The zero-order chi connectivity index (χ0) is 12.8. The largest absolute Gasteiger partial charge is 1.00 e. The summed E-state index contributed by atoms with van der Waals surface area (Å²) in [5.74, 6) is -5.64. The molecule has 0 atom stereocenters. The second kappa shape index (κ2) is 14.4. The average molecular weight is 278 g/mol. The summed E-state index contributed by atoms with van der Waals surface area (Å²) in [6.07, 6.45) is -6.21. The van der Waals surface area contributed by atoms with E-state index in [9.17, 15) is 26.3 Å². The van der Waals surface area contributed by atoms with Crippen molar-refractivity contribution in [2.45, 2.75) is 0 Å². The van der Waals surface area contributed by atoms with Crippen LogP contribution in [0.5, 0.6) is 0 Å². The number of allylic oxidation sites excluding steroid dienone is 2. The molecule has 4 nitrogen and oxygen atoms in total. The summed E-state index contributed by atoms with van der Waals surface area (Å²) in [5.41, 5.74) is 0. The molecule has 18 heavy (non-hydrogen) atoms. The van der Waals surface area contributed by atoms with E-state index in [0.29, 0.717) is 0 Å². The van der Waals surface area contributed by atoms with Gasteiger partial charge in [-0.2, -0.15) is 34.2 Å². The molecular formula is C4F6Li3O4P. The maximum Gasteiger partial charge on any atom is 1.00 e.